The fourth-order valence-corrected chi connectivity index (χ4v) is 4.50. The normalized spacial score (nSPS) is 16.8. The first-order valence-electron chi connectivity index (χ1n) is 10.7. The average molecular weight is 446 g/mol. The van der Waals surface area contributed by atoms with Gasteiger partial charge in [-0.25, -0.2) is 8.91 Å². The van der Waals surface area contributed by atoms with Gasteiger partial charge in [0, 0.05) is 32.9 Å². The minimum absolute atomic E-state index is 0.212. The number of hydrogen-bond donors (Lipinski definition) is 2. The van der Waals surface area contributed by atoms with Gasteiger partial charge < -0.3 is 10.3 Å². The third-order valence-corrected chi connectivity index (χ3v) is 6.05. The molecule has 0 bridgehead atoms. The largest absolute Gasteiger partial charge is 0.354 e. The Hall–Kier alpha value is -3.85. The van der Waals surface area contributed by atoms with Gasteiger partial charge in [0.15, 0.2) is 5.82 Å². The Labute approximate surface area is 188 Å². The lowest BCUT2D eigenvalue weighted by Crippen LogP contribution is -2.33. The quantitative estimate of drug-likeness (QED) is 0.503. The zero-order chi connectivity index (χ0) is 23.1. The smallest absolute Gasteiger partial charge is 0.274 e. The zero-order valence-electron chi connectivity index (χ0n) is 18.3. The maximum atomic E-state index is 15.0. The number of halogens is 1. The van der Waals surface area contributed by atoms with Crippen LogP contribution in [0.1, 0.15) is 28.5 Å². The van der Waals surface area contributed by atoms with Crippen LogP contribution in [-0.4, -0.2) is 50.5 Å². The lowest BCUT2D eigenvalue weighted by Gasteiger charge is -2.31. The van der Waals surface area contributed by atoms with E-state index >= 15 is 0 Å². The van der Waals surface area contributed by atoms with Crippen molar-refractivity contribution < 1.29 is 9.18 Å². The number of hydrogen-bond acceptors (Lipinski definition) is 5. The number of benzene rings is 1. The number of aromatic amines is 1. The number of aromatic nitrogens is 4. The number of nitrogens with zero attached hydrogens (tertiary/aromatic N) is 4. The van der Waals surface area contributed by atoms with Crippen molar-refractivity contribution in [1.82, 2.24) is 29.8 Å². The average Bonchev–Trinajstić information content (AvgIpc) is 3.29. The van der Waals surface area contributed by atoms with E-state index in [2.05, 4.69) is 38.3 Å². The van der Waals surface area contributed by atoms with Crippen LogP contribution in [0.15, 0.2) is 53.6 Å². The van der Waals surface area contributed by atoms with Gasteiger partial charge in [-0.3, -0.25) is 19.5 Å². The summed E-state index contributed by atoms with van der Waals surface area (Å²) in [6.45, 7) is 4.17. The van der Waals surface area contributed by atoms with Gasteiger partial charge in [-0.05, 0) is 46.9 Å². The SMILES string of the molecule is CNC(=O)c1ccc(C2=CCN(Cc3cc(F)c4c(c3)[nH]c(=O)c3ccnn34)CC2C)cn1. The molecule has 0 spiro atoms. The van der Waals surface area contributed by atoms with Crippen molar-refractivity contribution in [3.05, 3.63) is 81.8 Å². The second kappa shape index (κ2) is 8.25. The van der Waals surface area contributed by atoms with Gasteiger partial charge in [0.25, 0.3) is 11.5 Å². The highest BCUT2D eigenvalue weighted by Gasteiger charge is 2.21. The highest BCUT2D eigenvalue weighted by atomic mass is 19.1. The third-order valence-electron chi connectivity index (χ3n) is 6.05. The maximum absolute atomic E-state index is 15.0. The maximum Gasteiger partial charge on any atom is 0.274 e. The zero-order valence-corrected chi connectivity index (χ0v) is 18.3. The van der Waals surface area contributed by atoms with Crippen molar-refractivity contribution in [1.29, 1.82) is 0 Å². The van der Waals surface area contributed by atoms with Crippen molar-refractivity contribution in [3.63, 3.8) is 0 Å². The summed E-state index contributed by atoms with van der Waals surface area (Å²) in [7, 11) is 1.58. The predicted octanol–water partition coefficient (Wildman–Crippen LogP) is 2.60. The first kappa shape index (κ1) is 21.0. The molecule has 168 valence electrons. The standard InChI is InChI=1S/C24H23FN6O2/c1-14-12-30(8-6-17(14)16-3-4-19(27-11-16)23(32)26-2)13-15-9-18(25)22-20(10-15)29-24(33)21-5-7-28-31(21)22/h3-7,9-11,14H,8,12-13H2,1-2H3,(H,26,32)(H,29,33). The Morgan fingerprint density at radius 3 is 2.88 bits per heavy atom. The Bertz CT molecular complexity index is 1450. The van der Waals surface area contributed by atoms with Crippen LogP contribution < -0.4 is 10.9 Å². The number of nitrogens with one attached hydrogen (secondary N) is 2. The molecular formula is C24H23FN6O2. The van der Waals surface area contributed by atoms with Gasteiger partial charge >= 0.3 is 0 Å². The minimum atomic E-state index is -0.420. The molecule has 33 heavy (non-hydrogen) atoms. The lowest BCUT2D eigenvalue weighted by atomic mass is 9.91. The van der Waals surface area contributed by atoms with Gasteiger partial charge in [0.2, 0.25) is 0 Å². The van der Waals surface area contributed by atoms with E-state index in [4.69, 9.17) is 0 Å². The van der Waals surface area contributed by atoms with Gasteiger partial charge in [0.1, 0.15) is 16.7 Å². The van der Waals surface area contributed by atoms with E-state index in [1.807, 2.05) is 12.1 Å². The lowest BCUT2D eigenvalue weighted by molar-refractivity contribution is 0.0958. The second-order valence-corrected chi connectivity index (χ2v) is 8.32. The highest BCUT2D eigenvalue weighted by Crippen LogP contribution is 2.28. The number of pyridine rings is 1. The van der Waals surface area contributed by atoms with Gasteiger partial charge in [0.05, 0.1) is 11.7 Å². The summed E-state index contributed by atoms with van der Waals surface area (Å²) in [6, 6.07) is 8.52. The van der Waals surface area contributed by atoms with Crippen molar-refractivity contribution in [2.24, 2.45) is 5.92 Å². The Balaban J connectivity index is 1.38. The van der Waals surface area contributed by atoms with Gasteiger partial charge in [-0.1, -0.05) is 19.1 Å². The van der Waals surface area contributed by atoms with Crippen molar-refractivity contribution >= 4 is 28.0 Å². The first-order valence-corrected chi connectivity index (χ1v) is 10.7. The van der Waals surface area contributed by atoms with Gasteiger partial charge in [-0.15, -0.1) is 0 Å². The van der Waals surface area contributed by atoms with Crippen LogP contribution in [0.5, 0.6) is 0 Å². The monoisotopic (exact) mass is 446 g/mol. The molecule has 8 nitrogen and oxygen atoms in total. The summed E-state index contributed by atoms with van der Waals surface area (Å²) in [5.41, 5.74) is 4.04. The summed E-state index contributed by atoms with van der Waals surface area (Å²) in [5.74, 6) is -0.396. The number of carbonyl (C=O) groups is 1. The van der Waals surface area contributed by atoms with Crippen LogP contribution in [-0.2, 0) is 6.54 Å². The van der Waals surface area contributed by atoms with Crippen molar-refractivity contribution in [2.45, 2.75) is 13.5 Å². The molecule has 1 aliphatic heterocycles. The molecule has 0 aliphatic carbocycles. The molecule has 1 unspecified atom stereocenters. The third kappa shape index (κ3) is 3.80. The molecule has 0 radical (unpaired) electrons. The van der Waals surface area contributed by atoms with Crippen LogP contribution in [0.4, 0.5) is 4.39 Å². The molecule has 1 atom stereocenters. The number of carbonyl (C=O) groups excluding carboxylic acids is 1. The molecule has 1 aromatic carbocycles. The number of fused-ring (bicyclic) bond motifs is 3. The Kier molecular flexibility index (Phi) is 5.26. The van der Waals surface area contributed by atoms with Gasteiger partial charge in [-0.2, -0.15) is 5.10 Å². The van der Waals surface area contributed by atoms with E-state index < -0.39 is 5.82 Å². The molecule has 5 rings (SSSR count). The Morgan fingerprint density at radius 2 is 2.15 bits per heavy atom. The van der Waals surface area contributed by atoms with E-state index in [1.54, 1.807) is 25.4 Å². The summed E-state index contributed by atoms with van der Waals surface area (Å²) in [6.07, 6.45) is 5.36. The molecule has 0 saturated heterocycles. The number of amides is 1. The Morgan fingerprint density at radius 1 is 1.30 bits per heavy atom. The molecule has 2 N–H and O–H groups in total. The van der Waals surface area contributed by atoms with E-state index in [0.29, 0.717) is 29.8 Å². The molecule has 4 aromatic rings. The van der Waals surface area contributed by atoms with Crippen molar-refractivity contribution in [2.75, 3.05) is 20.1 Å². The molecule has 0 fully saturated rings. The second-order valence-electron chi connectivity index (χ2n) is 8.32. The van der Waals surface area contributed by atoms with Crippen LogP contribution in [0.3, 0.4) is 0 Å². The van der Waals surface area contributed by atoms with Crippen LogP contribution in [0.2, 0.25) is 0 Å². The molecule has 1 amide bonds. The van der Waals surface area contributed by atoms with Crippen LogP contribution >= 0.6 is 0 Å². The molecule has 1 aliphatic rings. The minimum Gasteiger partial charge on any atom is -0.354 e. The van der Waals surface area contributed by atoms with Crippen molar-refractivity contribution in [3.8, 4) is 0 Å². The first-order chi connectivity index (χ1) is 15.9. The fourth-order valence-electron chi connectivity index (χ4n) is 4.50. The van der Waals surface area contributed by atoms with Crippen LogP contribution in [0.25, 0.3) is 22.1 Å². The highest BCUT2D eigenvalue weighted by molar-refractivity contribution is 5.92. The van der Waals surface area contributed by atoms with Crippen LogP contribution in [0, 0.1) is 11.7 Å². The topological polar surface area (TPSA) is 95.4 Å². The summed E-state index contributed by atoms with van der Waals surface area (Å²) in [5, 5.41) is 6.66. The molecule has 4 heterocycles. The molecule has 9 heteroatoms. The predicted molar refractivity (Wildman–Crippen MR) is 123 cm³/mol. The van der Waals surface area contributed by atoms with E-state index in [1.165, 1.54) is 22.4 Å². The van der Waals surface area contributed by atoms with E-state index in [-0.39, 0.29) is 22.9 Å². The summed E-state index contributed by atoms with van der Waals surface area (Å²) < 4.78 is 16.3. The number of rotatable bonds is 4. The fraction of sp³-hybridized carbons (Fsp3) is 0.250. The number of H-pyrrole nitrogens is 1. The van der Waals surface area contributed by atoms with E-state index in [9.17, 15) is 14.0 Å². The molecule has 0 saturated carbocycles. The molecular weight excluding hydrogens is 423 g/mol. The summed E-state index contributed by atoms with van der Waals surface area (Å²) >= 11 is 0. The summed E-state index contributed by atoms with van der Waals surface area (Å²) in [4.78, 5) is 33.2. The van der Waals surface area contributed by atoms with E-state index in [0.717, 1.165) is 17.7 Å². The molecule has 3 aromatic heterocycles.